The van der Waals surface area contributed by atoms with Crippen LogP contribution in [0.4, 0.5) is 0 Å². The van der Waals surface area contributed by atoms with Gasteiger partial charge in [-0.25, -0.2) is 0 Å². The van der Waals surface area contributed by atoms with E-state index in [-0.39, 0.29) is 36.1 Å². The van der Waals surface area contributed by atoms with Crippen molar-refractivity contribution in [3.63, 3.8) is 0 Å². The van der Waals surface area contributed by atoms with Gasteiger partial charge in [0.25, 0.3) is 0 Å². The van der Waals surface area contributed by atoms with Gasteiger partial charge >= 0.3 is 0 Å². The highest BCUT2D eigenvalue weighted by molar-refractivity contribution is 5.85. The number of ether oxygens (including phenoxy) is 3. The molecule has 2 unspecified atom stereocenters. The van der Waals surface area contributed by atoms with Crippen molar-refractivity contribution < 1.29 is 19.0 Å². The van der Waals surface area contributed by atoms with Crippen LogP contribution in [0.15, 0.2) is 0 Å². The molecule has 4 heteroatoms. The van der Waals surface area contributed by atoms with E-state index in [4.69, 9.17) is 14.2 Å². The molecule has 0 spiro atoms. The van der Waals surface area contributed by atoms with Crippen LogP contribution in [0.1, 0.15) is 55.4 Å². The monoisotopic (exact) mass is 288 g/mol. The standard InChI is InChI=1S/C16H32O4/c1-10(2)15(17)16(20-13(7)8)14(19-12(5)6)9-18-11(3)4/h10-14,16H,9H2,1-8H3. The summed E-state index contributed by atoms with van der Waals surface area (Å²) in [5, 5.41) is 0. The molecule has 4 nitrogen and oxygen atoms in total. The lowest BCUT2D eigenvalue weighted by Gasteiger charge is -2.31. The lowest BCUT2D eigenvalue weighted by Crippen LogP contribution is -2.45. The number of hydrogen-bond donors (Lipinski definition) is 0. The Morgan fingerprint density at radius 2 is 1.30 bits per heavy atom. The molecule has 0 heterocycles. The summed E-state index contributed by atoms with van der Waals surface area (Å²) in [6.07, 6.45) is -0.845. The van der Waals surface area contributed by atoms with E-state index < -0.39 is 6.10 Å². The fourth-order valence-electron chi connectivity index (χ4n) is 1.79. The fourth-order valence-corrected chi connectivity index (χ4v) is 1.79. The van der Waals surface area contributed by atoms with Crippen molar-refractivity contribution in [2.24, 2.45) is 5.92 Å². The Morgan fingerprint density at radius 3 is 1.65 bits per heavy atom. The highest BCUT2D eigenvalue weighted by Gasteiger charge is 2.33. The molecule has 120 valence electrons. The highest BCUT2D eigenvalue weighted by Crippen LogP contribution is 2.16. The van der Waals surface area contributed by atoms with Gasteiger partial charge in [0, 0.05) is 5.92 Å². The van der Waals surface area contributed by atoms with E-state index in [0.29, 0.717) is 6.61 Å². The summed E-state index contributed by atoms with van der Waals surface area (Å²) in [5.74, 6) is -0.0206. The van der Waals surface area contributed by atoms with Gasteiger partial charge in [-0.1, -0.05) is 13.8 Å². The summed E-state index contributed by atoms with van der Waals surface area (Å²) >= 11 is 0. The quantitative estimate of drug-likeness (QED) is 0.619. The third-order valence-corrected chi connectivity index (χ3v) is 2.65. The van der Waals surface area contributed by atoms with Gasteiger partial charge in [-0.15, -0.1) is 0 Å². The van der Waals surface area contributed by atoms with Gasteiger partial charge in [0.05, 0.1) is 24.9 Å². The van der Waals surface area contributed by atoms with Gasteiger partial charge < -0.3 is 14.2 Å². The molecule has 0 fully saturated rings. The molecule has 0 aliphatic heterocycles. The van der Waals surface area contributed by atoms with Crippen LogP contribution in [0.25, 0.3) is 0 Å². The third kappa shape index (κ3) is 7.98. The van der Waals surface area contributed by atoms with Gasteiger partial charge in [-0.3, -0.25) is 4.79 Å². The minimum Gasteiger partial charge on any atom is -0.376 e. The maximum Gasteiger partial charge on any atom is 0.166 e. The molecule has 0 saturated carbocycles. The van der Waals surface area contributed by atoms with Crippen molar-refractivity contribution >= 4 is 5.78 Å². The first-order chi connectivity index (χ1) is 9.15. The first kappa shape index (κ1) is 19.6. The number of carbonyl (C=O) groups is 1. The Balaban J connectivity index is 5.00. The van der Waals surface area contributed by atoms with E-state index >= 15 is 0 Å². The van der Waals surface area contributed by atoms with E-state index in [1.54, 1.807) is 0 Å². The second kappa shape index (κ2) is 9.48. The summed E-state index contributed by atoms with van der Waals surface area (Å²) < 4.78 is 17.3. The lowest BCUT2D eigenvalue weighted by molar-refractivity contribution is -0.164. The molecule has 0 amide bonds. The van der Waals surface area contributed by atoms with E-state index in [1.807, 2.05) is 55.4 Å². The average molecular weight is 288 g/mol. The van der Waals surface area contributed by atoms with Crippen molar-refractivity contribution in [2.75, 3.05) is 6.61 Å². The molecule has 0 aromatic carbocycles. The van der Waals surface area contributed by atoms with E-state index in [1.165, 1.54) is 0 Å². The molecular weight excluding hydrogens is 256 g/mol. The Kier molecular flexibility index (Phi) is 9.27. The average Bonchev–Trinajstić information content (AvgIpc) is 2.29. The molecular formula is C16H32O4. The Hall–Kier alpha value is -0.450. The summed E-state index contributed by atoms with van der Waals surface area (Å²) in [4.78, 5) is 12.4. The van der Waals surface area contributed by atoms with Crippen molar-refractivity contribution in [1.29, 1.82) is 0 Å². The summed E-state index contributed by atoms with van der Waals surface area (Å²) in [6.45, 7) is 15.8. The molecule has 0 rings (SSSR count). The third-order valence-electron chi connectivity index (χ3n) is 2.65. The van der Waals surface area contributed by atoms with Gasteiger partial charge in [-0.05, 0) is 41.5 Å². The molecule has 0 N–H and O–H groups in total. The first-order valence-electron chi connectivity index (χ1n) is 7.61. The molecule has 0 radical (unpaired) electrons. The van der Waals surface area contributed by atoms with Crippen LogP contribution >= 0.6 is 0 Å². The van der Waals surface area contributed by atoms with Gasteiger partial charge in [0.1, 0.15) is 12.2 Å². The fraction of sp³-hybridized carbons (Fsp3) is 0.938. The molecule has 0 aromatic heterocycles. The van der Waals surface area contributed by atoms with Crippen LogP contribution in [0.3, 0.4) is 0 Å². The number of Topliss-reactive ketones (excluding diaryl/α,β-unsaturated/α-hetero) is 1. The van der Waals surface area contributed by atoms with Gasteiger partial charge in [0.2, 0.25) is 0 Å². The highest BCUT2D eigenvalue weighted by atomic mass is 16.6. The number of rotatable bonds is 10. The van der Waals surface area contributed by atoms with Crippen LogP contribution in [0, 0.1) is 5.92 Å². The van der Waals surface area contributed by atoms with E-state index in [9.17, 15) is 4.79 Å². The van der Waals surface area contributed by atoms with E-state index in [0.717, 1.165) is 0 Å². The zero-order valence-electron chi connectivity index (χ0n) is 14.3. The Bertz CT molecular complexity index is 272. The molecule has 0 aromatic rings. The van der Waals surface area contributed by atoms with Crippen LogP contribution in [0.2, 0.25) is 0 Å². The predicted octanol–water partition coefficient (Wildman–Crippen LogP) is 3.22. The summed E-state index contributed by atoms with van der Waals surface area (Å²) in [6, 6.07) is 0. The normalized spacial score (nSPS) is 15.4. The maximum atomic E-state index is 12.4. The van der Waals surface area contributed by atoms with Crippen LogP contribution in [0.5, 0.6) is 0 Å². The van der Waals surface area contributed by atoms with Crippen molar-refractivity contribution in [2.45, 2.75) is 85.9 Å². The first-order valence-corrected chi connectivity index (χ1v) is 7.61. The van der Waals surface area contributed by atoms with Gasteiger partial charge in [0.15, 0.2) is 5.78 Å². The second-order valence-corrected chi connectivity index (χ2v) is 6.27. The number of ketones is 1. The minimum atomic E-state index is -0.573. The lowest BCUT2D eigenvalue weighted by atomic mass is 9.99. The van der Waals surface area contributed by atoms with Crippen molar-refractivity contribution in [3.8, 4) is 0 Å². The number of carbonyl (C=O) groups excluding carboxylic acids is 1. The zero-order chi connectivity index (χ0) is 15.9. The van der Waals surface area contributed by atoms with Crippen LogP contribution < -0.4 is 0 Å². The predicted molar refractivity (Wildman–Crippen MR) is 81.0 cm³/mol. The minimum absolute atomic E-state index is 0.0222. The summed E-state index contributed by atoms with van der Waals surface area (Å²) in [7, 11) is 0. The molecule has 0 aliphatic rings. The topological polar surface area (TPSA) is 44.8 Å². The second-order valence-electron chi connectivity index (χ2n) is 6.27. The maximum absolute atomic E-state index is 12.4. The largest absolute Gasteiger partial charge is 0.376 e. The van der Waals surface area contributed by atoms with Crippen molar-refractivity contribution in [1.82, 2.24) is 0 Å². The molecule has 0 saturated heterocycles. The molecule has 0 bridgehead atoms. The number of hydrogen-bond acceptors (Lipinski definition) is 4. The molecule has 0 aliphatic carbocycles. The molecule has 20 heavy (non-hydrogen) atoms. The summed E-state index contributed by atoms with van der Waals surface area (Å²) in [5.41, 5.74) is 0. The Morgan fingerprint density at radius 1 is 0.800 bits per heavy atom. The Labute approximate surface area is 124 Å². The smallest absolute Gasteiger partial charge is 0.166 e. The SMILES string of the molecule is CC(C)OCC(OC(C)C)C(OC(C)C)C(=O)C(C)C. The van der Waals surface area contributed by atoms with Crippen LogP contribution in [-0.4, -0.2) is 42.9 Å². The van der Waals surface area contributed by atoms with Crippen LogP contribution in [-0.2, 0) is 19.0 Å². The van der Waals surface area contributed by atoms with Crippen molar-refractivity contribution in [3.05, 3.63) is 0 Å². The molecule has 2 atom stereocenters. The van der Waals surface area contributed by atoms with Gasteiger partial charge in [-0.2, -0.15) is 0 Å². The van der Waals surface area contributed by atoms with E-state index in [2.05, 4.69) is 0 Å². The zero-order valence-corrected chi connectivity index (χ0v) is 14.3.